The minimum Gasteiger partial charge on any atom is -0.384 e. The summed E-state index contributed by atoms with van der Waals surface area (Å²) < 4.78 is 20.2. The number of fused-ring (bicyclic) bond motifs is 1. The van der Waals surface area contributed by atoms with Gasteiger partial charge in [0.1, 0.15) is 16.5 Å². The molecular formula is C24H21FN2O3S. The minimum absolute atomic E-state index is 0.164. The van der Waals surface area contributed by atoms with Gasteiger partial charge in [-0.2, -0.15) is 0 Å². The third kappa shape index (κ3) is 4.33. The van der Waals surface area contributed by atoms with E-state index >= 15 is 0 Å². The summed E-state index contributed by atoms with van der Waals surface area (Å²) in [7, 11) is 1.58. The third-order valence-corrected chi connectivity index (χ3v) is 6.18. The van der Waals surface area contributed by atoms with E-state index in [-0.39, 0.29) is 23.7 Å². The molecular weight excluding hydrogens is 415 g/mol. The number of hydrogen-bond acceptors (Lipinski definition) is 5. The zero-order chi connectivity index (χ0) is 22.0. The average Bonchev–Trinajstić information content (AvgIpc) is 3.21. The fraction of sp³-hybridized carbons (Fsp3) is 0.208. The minimum atomic E-state index is -0.371. The monoisotopic (exact) mass is 436 g/mol. The van der Waals surface area contributed by atoms with Gasteiger partial charge >= 0.3 is 0 Å². The van der Waals surface area contributed by atoms with E-state index in [4.69, 9.17) is 4.74 Å². The first-order chi connectivity index (χ1) is 15.0. The number of hydrogen-bond donors (Lipinski definition) is 0. The van der Waals surface area contributed by atoms with Crippen molar-refractivity contribution < 1.29 is 13.9 Å². The largest absolute Gasteiger partial charge is 0.384 e. The summed E-state index contributed by atoms with van der Waals surface area (Å²) >= 11 is 1.45. The molecule has 0 bridgehead atoms. The summed E-state index contributed by atoms with van der Waals surface area (Å²) in [5, 5.41) is 0.480. The van der Waals surface area contributed by atoms with Crippen molar-refractivity contribution in [3.63, 3.8) is 0 Å². The van der Waals surface area contributed by atoms with E-state index < -0.39 is 0 Å². The standard InChI is InChI=1S/C24H21FN2O3S/c1-15-12-17(8-9-19(15)25)20(28)14-27-22(10-11-30-2)26-23-18(24(27)29)13-21(31-23)16-6-4-3-5-7-16/h3-9,12-13H,10-11,14H2,1-2H3. The van der Waals surface area contributed by atoms with E-state index in [1.54, 1.807) is 14.0 Å². The zero-order valence-corrected chi connectivity index (χ0v) is 18.0. The van der Waals surface area contributed by atoms with E-state index in [0.717, 1.165) is 10.4 Å². The highest BCUT2D eigenvalue weighted by Gasteiger charge is 2.18. The molecule has 4 aromatic rings. The molecule has 7 heteroatoms. The van der Waals surface area contributed by atoms with Crippen LogP contribution in [0.4, 0.5) is 4.39 Å². The van der Waals surface area contributed by atoms with Crippen molar-refractivity contribution in [3.8, 4) is 10.4 Å². The second-order valence-corrected chi connectivity index (χ2v) is 8.28. The Labute approximate surface area is 182 Å². The predicted molar refractivity (Wildman–Crippen MR) is 120 cm³/mol. The Morgan fingerprint density at radius 3 is 2.65 bits per heavy atom. The summed E-state index contributed by atoms with van der Waals surface area (Å²) in [6, 6.07) is 15.8. The maximum Gasteiger partial charge on any atom is 0.262 e. The number of ketones is 1. The van der Waals surface area contributed by atoms with Crippen molar-refractivity contribution in [3.05, 3.63) is 87.7 Å². The number of Topliss-reactive ketones (excluding diaryl/α,β-unsaturated/α-hetero) is 1. The van der Waals surface area contributed by atoms with Crippen LogP contribution >= 0.6 is 11.3 Å². The molecule has 0 radical (unpaired) electrons. The number of carbonyl (C=O) groups is 1. The van der Waals surface area contributed by atoms with Crippen molar-refractivity contribution in [2.75, 3.05) is 13.7 Å². The normalized spacial score (nSPS) is 11.2. The fourth-order valence-electron chi connectivity index (χ4n) is 3.40. The Hall–Kier alpha value is -3.16. The van der Waals surface area contributed by atoms with Crippen LogP contribution in [0.1, 0.15) is 21.7 Å². The molecule has 0 aliphatic carbocycles. The molecule has 0 saturated carbocycles. The number of thiophene rings is 1. The van der Waals surface area contributed by atoms with Gasteiger partial charge in [-0.15, -0.1) is 11.3 Å². The second kappa shape index (κ2) is 8.91. The zero-order valence-electron chi connectivity index (χ0n) is 17.2. The van der Waals surface area contributed by atoms with Crippen molar-refractivity contribution >= 4 is 27.3 Å². The van der Waals surface area contributed by atoms with Crippen molar-refractivity contribution in [2.45, 2.75) is 19.9 Å². The van der Waals surface area contributed by atoms with Crippen molar-refractivity contribution in [2.24, 2.45) is 0 Å². The Morgan fingerprint density at radius 1 is 1.16 bits per heavy atom. The molecule has 0 atom stereocenters. The number of benzene rings is 2. The van der Waals surface area contributed by atoms with Gasteiger partial charge in [-0.3, -0.25) is 14.2 Å². The summed E-state index contributed by atoms with van der Waals surface area (Å²) in [5.74, 6) is -0.152. The van der Waals surface area contributed by atoms with Crippen LogP contribution in [0.5, 0.6) is 0 Å². The first-order valence-corrected chi connectivity index (χ1v) is 10.7. The molecule has 31 heavy (non-hydrogen) atoms. The smallest absolute Gasteiger partial charge is 0.262 e. The van der Waals surface area contributed by atoms with Gasteiger partial charge in [0.2, 0.25) is 0 Å². The number of nitrogens with zero attached hydrogens (tertiary/aromatic N) is 2. The third-order valence-electron chi connectivity index (χ3n) is 5.10. The van der Waals surface area contributed by atoms with Crippen LogP contribution in [-0.2, 0) is 17.7 Å². The molecule has 0 saturated heterocycles. The van der Waals surface area contributed by atoms with Crippen LogP contribution in [0.3, 0.4) is 0 Å². The summed E-state index contributed by atoms with van der Waals surface area (Å²) in [4.78, 5) is 32.5. The SMILES string of the molecule is COCCc1nc2sc(-c3ccccc3)cc2c(=O)n1CC(=O)c1ccc(F)c(C)c1. The molecule has 4 rings (SSSR count). The lowest BCUT2D eigenvalue weighted by atomic mass is 10.1. The molecule has 0 amide bonds. The molecule has 2 aromatic carbocycles. The molecule has 0 aliphatic heterocycles. The van der Waals surface area contributed by atoms with Gasteiger partial charge in [-0.05, 0) is 42.3 Å². The Kier molecular flexibility index (Phi) is 6.06. The average molecular weight is 437 g/mol. The molecule has 2 aromatic heterocycles. The van der Waals surface area contributed by atoms with Crippen LogP contribution < -0.4 is 5.56 Å². The number of aromatic nitrogens is 2. The van der Waals surface area contributed by atoms with E-state index in [0.29, 0.717) is 40.2 Å². The number of rotatable bonds is 7. The highest BCUT2D eigenvalue weighted by Crippen LogP contribution is 2.31. The van der Waals surface area contributed by atoms with E-state index in [2.05, 4.69) is 4.98 Å². The Balaban J connectivity index is 1.78. The number of methoxy groups -OCH3 is 1. The van der Waals surface area contributed by atoms with Crippen LogP contribution in [0, 0.1) is 12.7 Å². The van der Waals surface area contributed by atoms with Crippen molar-refractivity contribution in [1.29, 1.82) is 0 Å². The molecule has 0 aliphatic rings. The van der Waals surface area contributed by atoms with Gasteiger partial charge in [0.25, 0.3) is 5.56 Å². The van der Waals surface area contributed by atoms with Crippen LogP contribution in [0.2, 0.25) is 0 Å². The predicted octanol–water partition coefficient (Wildman–Crippen LogP) is 4.64. The van der Waals surface area contributed by atoms with Gasteiger partial charge in [0, 0.05) is 24.0 Å². The number of halogens is 1. The first-order valence-electron chi connectivity index (χ1n) is 9.85. The second-order valence-electron chi connectivity index (χ2n) is 7.24. The summed E-state index contributed by atoms with van der Waals surface area (Å²) in [6.07, 6.45) is 0.399. The van der Waals surface area contributed by atoms with Gasteiger partial charge in [0.05, 0.1) is 18.5 Å². The topological polar surface area (TPSA) is 61.2 Å². The van der Waals surface area contributed by atoms with Crippen LogP contribution in [0.15, 0.2) is 59.4 Å². The van der Waals surface area contributed by atoms with Gasteiger partial charge in [-0.1, -0.05) is 30.3 Å². The molecule has 0 fully saturated rings. The van der Waals surface area contributed by atoms with Gasteiger partial charge in [0.15, 0.2) is 5.78 Å². The number of carbonyl (C=O) groups excluding carboxylic acids is 1. The highest BCUT2D eigenvalue weighted by atomic mass is 32.1. The fourth-order valence-corrected chi connectivity index (χ4v) is 4.45. The lowest BCUT2D eigenvalue weighted by Crippen LogP contribution is -2.29. The lowest BCUT2D eigenvalue weighted by Gasteiger charge is -2.12. The molecule has 0 unspecified atom stereocenters. The summed E-state index contributed by atoms with van der Waals surface area (Å²) in [6.45, 7) is 1.81. The molecule has 0 spiro atoms. The quantitative estimate of drug-likeness (QED) is 0.396. The molecule has 0 N–H and O–H groups in total. The number of aryl methyl sites for hydroxylation is 1. The Morgan fingerprint density at radius 2 is 1.94 bits per heavy atom. The van der Waals surface area contributed by atoms with E-state index in [1.807, 2.05) is 36.4 Å². The van der Waals surface area contributed by atoms with Crippen molar-refractivity contribution in [1.82, 2.24) is 9.55 Å². The van der Waals surface area contributed by atoms with Crippen LogP contribution in [-0.4, -0.2) is 29.1 Å². The molecule has 2 heterocycles. The van der Waals surface area contributed by atoms with Gasteiger partial charge in [-0.25, -0.2) is 9.37 Å². The Bertz CT molecular complexity index is 1310. The molecule has 158 valence electrons. The van der Waals surface area contributed by atoms with E-state index in [1.165, 1.54) is 34.1 Å². The highest BCUT2D eigenvalue weighted by molar-refractivity contribution is 7.21. The van der Waals surface area contributed by atoms with Gasteiger partial charge < -0.3 is 4.74 Å². The maximum atomic E-state index is 13.6. The first kappa shape index (κ1) is 21.1. The lowest BCUT2D eigenvalue weighted by molar-refractivity contribution is 0.0968. The summed E-state index contributed by atoms with van der Waals surface area (Å²) in [5.41, 5.74) is 1.49. The number of ether oxygens (including phenoxy) is 1. The van der Waals surface area contributed by atoms with Crippen LogP contribution in [0.25, 0.3) is 20.7 Å². The van der Waals surface area contributed by atoms with E-state index in [9.17, 15) is 14.0 Å². The molecule has 5 nitrogen and oxygen atoms in total. The maximum absolute atomic E-state index is 13.6.